The van der Waals surface area contributed by atoms with Crippen LogP contribution in [0.4, 0.5) is 0 Å². The molecule has 0 aromatic carbocycles. The summed E-state index contributed by atoms with van der Waals surface area (Å²) in [6.45, 7) is 4.85. The lowest BCUT2D eigenvalue weighted by Gasteiger charge is -2.16. The van der Waals surface area contributed by atoms with Gasteiger partial charge in [0.2, 0.25) is 5.88 Å². The van der Waals surface area contributed by atoms with Crippen molar-refractivity contribution < 1.29 is 4.74 Å². The molecule has 4 rings (SSSR count). The molecular formula is C17H20N6O2. The van der Waals surface area contributed by atoms with Crippen LogP contribution in [0.5, 0.6) is 5.88 Å². The Kier molecular flexibility index (Phi) is 3.96. The lowest BCUT2D eigenvalue weighted by molar-refractivity contribution is 0.311. The van der Waals surface area contributed by atoms with Crippen LogP contribution in [-0.4, -0.2) is 49.8 Å². The molecule has 3 aromatic rings. The second-order valence-electron chi connectivity index (χ2n) is 6.51. The van der Waals surface area contributed by atoms with Crippen molar-refractivity contribution in [3.05, 3.63) is 46.8 Å². The number of nitrogens with zero attached hydrogens (tertiary/aromatic N) is 5. The molecule has 0 bridgehead atoms. The third-order valence-electron chi connectivity index (χ3n) is 4.77. The summed E-state index contributed by atoms with van der Waals surface area (Å²) in [5.41, 5.74) is 1.64. The molecule has 0 saturated carbocycles. The van der Waals surface area contributed by atoms with Crippen molar-refractivity contribution in [2.75, 3.05) is 20.2 Å². The van der Waals surface area contributed by atoms with Crippen molar-refractivity contribution >= 4 is 11.0 Å². The van der Waals surface area contributed by atoms with Crippen molar-refractivity contribution in [1.82, 2.24) is 29.6 Å². The first-order chi connectivity index (χ1) is 12.2. The van der Waals surface area contributed by atoms with E-state index in [-0.39, 0.29) is 11.6 Å². The van der Waals surface area contributed by atoms with Crippen molar-refractivity contribution in [2.24, 2.45) is 5.92 Å². The number of aromatic nitrogens is 5. The quantitative estimate of drug-likeness (QED) is 0.768. The van der Waals surface area contributed by atoms with E-state index < -0.39 is 0 Å². The minimum absolute atomic E-state index is 0.150. The van der Waals surface area contributed by atoms with Crippen LogP contribution in [0.3, 0.4) is 0 Å². The van der Waals surface area contributed by atoms with Gasteiger partial charge in [0, 0.05) is 31.9 Å². The number of likely N-dealkylation sites (tertiary alicyclic amines) is 1. The zero-order valence-electron chi connectivity index (χ0n) is 14.2. The van der Waals surface area contributed by atoms with E-state index in [0.717, 1.165) is 25.2 Å². The number of nitrogens with one attached hydrogen (secondary N) is 1. The maximum Gasteiger partial charge on any atom is 0.261 e. The number of ether oxygens (including phenoxy) is 1. The summed E-state index contributed by atoms with van der Waals surface area (Å²) in [7, 11) is 1.61. The van der Waals surface area contributed by atoms with Gasteiger partial charge in [-0.1, -0.05) is 13.0 Å². The minimum atomic E-state index is -0.150. The van der Waals surface area contributed by atoms with Gasteiger partial charge in [-0.25, -0.2) is 14.6 Å². The molecular weight excluding hydrogens is 320 g/mol. The lowest BCUT2D eigenvalue weighted by Crippen LogP contribution is -2.22. The Morgan fingerprint density at radius 3 is 2.92 bits per heavy atom. The average molecular weight is 340 g/mol. The Hall–Kier alpha value is -2.74. The van der Waals surface area contributed by atoms with Crippen LogP contribution in [-0.2, 0) is 6.54 Å². The summed E-state index contributed by atoms with van der Waals surface area (Å²) in [5.74, 6) is 1.03. The Morgan fingerprint density at radius 2 is 2.16 bits per heavy atom. The molecule has 8 heteroatoms. The smallest absolute Gasteiger partial charge is 0.261 e. The monoisotopic (exact) mass is 340 g/mol. The fourth-order valence-electron chi connectivity index (χ4n) is 3.50. The summed E-state index contributed by atoms with van der Waals surface area (Å²) < 4.78 is 6.99. The molecule has 2 atom stereocenters. The normalized spacial score (nSPS) is 21.0. The van der Waals surface area contributed by atoms with E-state index in [1.54, 1.807) is 13.3 Å². The molecule has 0 amide bonds. The fourth-order valence-corrected chi connectivity index (χ4v) is 3.50. The SMILES string of the molecule is COc1ccc(CN2C[C@@H](n3ncc4c(=O)[nH]cnc43)[C@@H](C)C2)cn1. The third-order valence-corrected chi connectivity index (χ3v) is 4.77. The fraction of sp³-hybridized carbons (Fsp3) is 0.412. The van der Waals surface area contributed by atoms with E-state index >= 15 is 0 Å². The Morgan fingerprint density at radius 1 is 1.28 bits per heavy atom. The molecule has 0 radical (unpaired) electrons. The molecule has 0 spiro atoms. The van der Waals surface area contributed by atoms with Gasteiger partial charge < -0.3 is 9.72 Å². The standard InChI is InChI=1S/C17H20N6O2/c1-11-7-22(8-12-3-4-15(25-2)18-5-12)9-14(11)23-16-13(6-21-23)17(24)20-10-19-16/h3-6,10-11,14H,7-9H2,1-2H3,(H,19,20,24)/t11-,14+/m0/s1. The van der Waals surface area contributed by atoms with Crippen LogP contribution in [0, 0.1) is 5.92 Å². The predicted molar refractivity (Wildman–Crippen MR) is 92.4 cm³/mol. The van der Waals surface area contributed by atoms with Gasteiger partial charge in [-0.05, 0) is 11.5 Å². The van der Waals surface area contributed by atoms with Crippen molar-refractivity contribution in [3.63, 3.8) is 0 Å². The van der Waals surface area contributed by atoms with E-state index in [2.05, 4.69) is 31.9 Å². The number of methoxy groups -OCH3 is 1. The Balaban J connectivity index is 1.54. The van der Waals surface area contributed by atoms with Crippen LogP contribution >= 0.6 is 0 Å². The first-order valence-electron chi connectivity index (χ1n) is 8.28. The second kappa shape index (κ2) is 6.29. The molecule has 0 aliphatic carbocycles. The highest BCUT2D eigenvalue weighted by Crippen LogP contribution is 2.29. The Labute approximate surface area is 144 Å². The van der Waals surface area contributed by atoms with E-state index in [9.17, 15) is 4.79 Å². The molecule has 130 valence electrons. The maximum atomic E-state index is 11.9. The number of aromatic amines is 1. The van der Waals surface area contributed by atoms with Gasteiger partial charge in [-0.3, -0.25) is 9.69 Å². The summed E-state index contributed by atoms with van der Waals surface area (Å²) >= 11 is 0. The highest BCUT2D eigenvalue weighted by atomic mass is 16.5. The van der Waals surface area contributed by atoms with E-state index in [1.165, 1.54) is 6.33 Å². The lowest BCUT2D eigenvalue weighted by atomic mass is 10.1. The zero-order valence-corrected chi connectivity index (χ0v) is 14.2. The molecule has 4 heterocycles. The number of hydrogen-bond acceptors (Lipinski definition) is 6. The summed E-state index contributed by atoms with van der Waals surface area (Å²) in [6, 6.07) is 4.11. The number of rotatable bonds is 4. The molecule has 1 N–H and O–H groups in total. The van der Waals surface area contributed by atoms with Crippen molar-refractivity contribution in [3.8, 4) is 5.88 Å². The van der Waals surface area contributed by atoms with Crippen LogP contribution in [0.2, 0.25) is 0 Å². The number of hydrogen-bond donors (Lipinski definition) is 1. The topological polar surface area (TPSA) is 88.9 Å². The van der Waals surface area contributed by atoms with Crippen molar-refractivity contribution in [1.29, 1.82) is 0 Å². The Bertz CT molecular complexity index is 932. The molecule has 0 unspecified atom stereocenters. The molecule has 8 nitrogen and oxygen atoms in total. The van der Waals surface area contributed by atoms with Gasteiger partial charge in [0.15, 0.2) is 5.65 Å². The van der Waals surface area contributed by atoms with E-state index in [4.69, 9.17) is 4.74 Å². The molecule has 1 saturated heterocycles. The van der Waals surface area contributed by atoms with E-state index in [0.29, 0.717) is 22.8 Å². The minimum Gasteiger partial charge on any atom is -0.481 e. The third kappa shape index (κ3) is 2.89. The highest BCUT2D eigenvalue weighted by Gasteiger charge is 2.32. The van der Waals surface area contributed by atoms with Gasteiger partial charge in [0.25, 0.3) is 5.56 Å². The van der Waals surface area contributed by atoms with Gasteiger partial charge in [0.05, 0.1) is 25.7 Å². The van der Waals surface area contributed by atoms with Crippen LogP contribution in [0.25, 0.3) is 11.0 Å². The molecule has 1 aliphatic heterocycles. The van der Waals surface area contributed by atoms with Crippen molar-refractivity contribution in [2.45, 2.75) is 19.5 Å². The highest BCUT2D eigenvalue weighted by molar-refractivity contribution is 5.72. The summed E-state index contributed by atoms with van der Waals surface area (Å²) in [4.78, 5) is 25.4. The number of pyridine rings is 1. The van der Waals surface area contributed by atoms with Gasteiger partial charge in [-0.15, -0.1) is 0 Å². The van der Waals surface area contributed by atoms with Gasteiger partial charge >= 0.3 is 0 Å². The first kappa shape index (κ1) is 15.8. The van der Waals surface area contributed by atoms with Crippen LogP contribution < -0.4 is 10.3 Å². The summed E-state index contributed by atoms with van der Waals surface area (Å²) in [5, 5.41) is 4.97. The molecule has 1 fully saturated rings. The predicted octanol–water partition coefficient (Wildman–Crippen LogP) is 1.22. The first-order valence-corrected chi connectivity index (χ1v) is 8.28. The molecule has 3 aromatic heterocycles. The van der Waals surface area contributed by atoms with Gasteiger partial charge in [0.1, 0.15) is 5.39 Å². The maximum absolute atomic E-state index is 11.9. The second-order valence-corrected chi connectivity index (χ2v) is 6.51. The van der Waals surface area contributed by atoms with Crippen LogP contribution in [0.1, 0.15) is 18.5 Å². The average Bonchev–Trinajstić information content (AvgIpc) is 3.20. The van der Waals surface area contributed by atoms with E-state index in [1.807, 2.05) is 23.0 Å². The largest absolute Gasteiger partial charge is 0.481 e. The number of fused-ring (bicyclic) bond motifs is 1. The molecule has 1 aliphatic rings. The molecule has 25 heavy (non-hydrogen) atoms. The summed E-state index contributed by atoms with van der Waals surface area (Å²) in [6.07, 6.45) is 4.88. The number of H-pyrrole nitrogens is 1. The van der Waals surface area contributed by atoms with Crippen LogP contribution in [0.15, 0.2) is 35.6 Å². The zero-order chi connectivity index (χ0) is 17.4. The van der Waals surface area contributed by atoms with Gasteiger partial charge in [-0.2, -0.15) is 5.10 Å².